The molecule has 0 atom stereocenters. The van der Waals surface area contributed by atoms with Gasteiger partial charge in [-0.2, -0.15) is 0 Å². The number of carbonyl (C=O) groups is 1. The van der Waals surface area contributed by atoms with Gasteiger partial charge in [0.2, 0.25) is 0 Å². The van der Waals surface area contributed by atoms with Gasteiger partial charge in [-0.3, -0.25) is 9.78 Å². The van der Waals surface area contributed by atoms with Gasteiger partial charge < -0.3 is 10.1 Å². The van der Waals surface area contributed by atoms with E-state index >= 15 is 0 Å². The molecular weight excluding hydrogens is 264 g/mol. The van der Waals surface area contributed by atoms with Crippen molar-refractivity contribution in [2.75, 3.05) is 20.3 Å². The number of carbonyl (C=O) groups excluding carboxylic acids is 1. The first-order valence-corrected chi connectivity index (χ1v) is 6.41. The Hall–Kier alpha value is -1.65. The summed E-state index contributed by atoms with van der Waals surface area (Å²) in [5, 5.41) is 4.31. The summed E-state index contributed by atoms with van der Waals surface area (Å²) < 4.78 is 4.92. The van der Waals surface area contributed by atoms with Crippen molar-refractivity contribution in [3.8, 4) is 0 Å². The minimum atomic E-state index is -0.134. The molecule has 100 valence electrons. The van der Waals surface area contributed by atoms with E-state index in [0.29, 0.717) is 23.7 Å². The largest absolute Gasteiger partial charge is 0.385 e. The molecule has 5 heteroatoms. The van der Waals surface area contributed by atoms with Gasteiger partial charge in [-0.1, -0.05) is 11.6 Å². The quantitative estimate of drug-likeness (QED) is 0.856. The SMILES string of the molecule is COCCCNC(=O)c1cnc2ccc(Cl)cc2c1. The van der Waals surface area contributed by atoms with Crippen LogP contribution in [0, 0.1) is 0 Å². The van der Waals surface area contributed by atoms with E-state index in [1.807, 2.05) is 6.07 Å². The number of fused-ring (bicyclic) bond motifs is 1. The average molecular weight is 279 g/mol. The summed E-state index contributed by atoms with van der Waals surface area (Å²) in [7, 11) is 1.64. The number of aromatic nitrogens is 1. The molecule has 2 aromatic rings. The monoisotopic (exact) mass is 278 g/mol. The summed E-state index contributed by atoms with van der Waals surface area (Å²) in [6, 6.07) is 7.20. The molecule has 1 N–H and O–H groups in total. The molecule has 1 aromatic heterocycles. The van der Waals surface area contributed by atoms with Crippen LogP contribution in [0.3, 0.4) is 0 Å². The number of halogens is 1. The fourth-order valence-corrected chi connectivity index (χ4v) is 1.93. The molecule has 0 saturated carbocycles. The van der Waals surface area contributed by atoms with E-state index in [-0.39, 0.29) is 5.91 Å². The third-order valence-electron chi connectivity index (χ3n) is 2.72. The number of hydrogen-bond donors (Lipinski definition) is 1. The molecule has 0 aliphatic heterocycles. The molecule has 1 heterocycles. The van der Waals surface area contributed by atoms with Gasteiger partial charge in [0.1, 0.15) is 0 Å². The molecule has 0 aliphatic carbocycles. The predicted molar refractivity (Wildman–Crippen MR) is 75.6 cm³/mol. The number of benzene rings is 1. The summed E-state index contributed by atoms with van der Waals surface area (Å²) in [5.74, 6) is -0.134. The molecule has 2 rings (SSSR count). The van der Waals surface area contributed by atoms with E-state index in [0.717, 1.165) is 17.3 Å². The number of ether oxygens (including phenoxy) is 1. The standard InChI is InChI=1S/C14H15ClN2O2/c1-19-6-2-5-16-14(18)11-7-10-8-12(15)3-4-13(10)17-9-11/h3-4,7-9H,2,5-6H2,1H3,(H,16,18). The Balaban J connectivity index is 2.09. The number of nitrogens with one attached hydrogen (secondary N) is 1. The minimum absolute atomic E-state index is 0.134. The van der Waals surface area contributed by atoms with Crippen molar-refractivity contribution in [1.29, 1.82) is 0 Å². The van der Waals surface area contributed by atoms with Gasteiger partial charge in [-0.05, 0) is 30.7 Å². The van der Waals surface area contributed by atoms with Crippen LogP contribution in [0.25, 0.3) is 10.9 Å². The van der Waals surface area contributed by atoms with Crippen molar-refractivity contribution in [2.24, 2.45) is 0 Å². The molecule has 0 aliphatic rings. The molecule has 1 aromatic carbocycles. The van der Waals surface area contributed by atoms with E-state index in [4.69, 9.17) is 16.3 Å². The molecule has 0 unspecified atom stereocenters. The van der Waals surface area contributed by atoms with Gasteiger partial charge in [-0.25, -0.2) is 0 Å². The number of nitrogens with zero attached hydrogens (tertiary/aromatic N) is 1. The van der Waals surface area contributed by atoms with Crippen LogP contribution in [-0.2, 0) is 4.74 Å². The Morgan fingerprint density at radius 2 is 2.26 bits per heavy atom. The second kappa shape index (κ2) is 6.50. The lowest BCUT2D eigenvalue weighted by Crippen LogP contribution is -2.25. The number of amides is 1. The molecule has 0 saturated heterocycles. The van der Waals surface area contributed by atoms with Gasteiger partial charge in [0.15, 0.2) is 0 Å². The zero-order valence-corrected chi connectivity index (χ0v) is 11.4. The summed E-state index contributed by atoms with van der Waals surface area (Å²) in [4.78, 5) is 16.2. The summed E-state index contributed by atoms with van der Waals surface area (Å²) in [6.45, 7) is 1.21. The maximum atomic E-state index is 11.9. The van der Waals surface area contributed by atoms with Gasteiger partial charge in [0, 0.05) is 36.9 Å². The van der Waals surface area contributed by atoms with Crippen LogP contribution >= 0.6 is 11.6 Å². The Bertz CT molecular complexity index is 587. The minimum Gasteiger partial charge on any atom is -0.385 e. The fraction of sp³-hybridized carbons (Fsp3) is 0.286. The van der Waals surface area contributed by atoms with Gasteiger partial charge in [0.05, 0.1) is 11.1 Å². The fourth-order valence-electron chi connectivity index (χ4n) is 1.75. The topological polar surface area (TPSA) is 51.2 Å². The van der Waals surface area contributed by atoms with Crippen molar-refractivity contribution in [2.45, 2.75) is 6.42 Å². The lowest BCUT2D eigenvalue weighted by Gasteiger charge is -2.05. The van der Waals surface area contributed by atoms with E-state index in [2.05, 4.69) is 10.3 Å². The zero-order valence-electron chi connectivity index (χ0n) is 10.6. The number of pyridine rings is 1. The van der Waals surface area contributed by atoms with Crippen molar-refractivity contribution in [3.63, 3.8) is 0 Å². The van der Waals surface area contributed by atoms with E-state index in [1.54, 1.807) is 31.5 Å². The van der Waals surface area contributed by atoms with Crippen molar-refractivity contribution in [1.82, 2.24) is 10.3 Å². The summed E-state index contributed by atoms with van der Waals surface area (Å²) in [5.41, 5.74) is 1.35. The number of methoxy groups -OCH3 is 1. The molecule has 0 spiro atoms. The maximum absolute atomic E-state index is 11.9. The van der Waals surface area contributed by atoms with Gasteiger partial charge >= 0.3 is 0 Å². The smallest absolute Gasteiger partial charge is 0.252 e. The third kappa shape index (κ3) is 3.66. The van der Waals surface area contributed by atoms with Crippen molar-refractivity contribution in [3.05, 3.63) is 41.0 Å². The first-order valence-electron chi connectivity index (χ1n) is 6.03. The maximum Gasteiger partial charge on any atom is 0.252 e. The average Bonchev–Trinajstić information content (AvgIpc) is 2.42. The van der Waals surface area contributed by atoms with Gasteiger partial charge in [-0.15, -0.1) is 0 Å². The second-order valence-electron chi connectivity index (χ2n) is 4.16. The Labute approximate surface area is 116 Å². The first-order chi connectivity index (χ1) is 9.20. The highest BCUT2D eigenvalue weighted by molar-refractivity contribution is 6.31. The van der Waals surface area contributed by atoms with Crippen LogP contribution in [0.2, 0.25) is 5.02 Å². The molecule has 0 radical (unpaired) electrons. The van der Waals surface area contributed by atoms with Crippen LogP contribution in [-0.4, -0.2) is 31.2 Å². The molecule has 4 nitrogen and oxygen atoms in total. The van der Waals surface area contributed by atoms with Crippen LogP contribution in [0.4, 0.5) is 0 Å². The number of hydrogen-bond acceptors (Lipinski definition) is 3. The molecular formula is C14H15ClN2O2. The van der Waals surface area contributed by atoms with E-state index in [9.17, 15) is 4.79 Å². The first kappa shape index (κ1) is 13.8. The molecule has 1 amide bonds. The summed E-state index contributed by atoms with van der Waals surface area (Å²) in [6.07, 6.45) is 2.36. The van der Waals surface area contributed by atoms with Crippen molar-refractivity contribution >= 4 is 28.4 Å². The van der Waals surface area contributed by atoms with Crippen LogP contribution in [0.5, 0.6) is 0 Å². The van der Waals surface area contributed by atoms with Crippen LogP contribution in [0.1, 0.15) is 16.8 Å². The Kier molecular flexibility index (Phi) is 4.71. The Morgan fingerprint density at radius 3 is 3.05 bits per heavy atom. The summed E-state index contributed by atoms with van der Waals surface area (Å²) >= 11 is 5.93. The molecule has 0 fully saturated rings. The molecule has 0 bridgehead atoms. The van der Waals surface area contributed by atoms with E-state index < -0.39 is 0 Å². The Morgan fingerprint density at radius 1 is 1.42 bits per heavy atom. The highest BCUT2D eigenvalue weighted by Gasteiger charge is 2.06. The van der Waals surface area contributed by atoms with Crippen LogP contribution < -0.4 is 5.32 Å². The number of rotatable bonds is 5. The van der Waals surface area contributed by atoms with Crippen LogP contribution in [0.15, 0.2) is 30.5 Å². The lowest BCUT2D eigenvalue weighted by atomic mass is 10.1. The predicted octanol–water partition coefficient (Wildman–Crippen LogP) is 2.65. The normalized spacial score (nSPS) is 10.6. The highest BCUT2D eigenvalue weighted by Crippen LogP contribution is 2.18. The van der Waals surface area contributed by atoms with Gasteiger partial charge in [0.25, 0.3) is 5.91 Å². The highest BCUT2D eigenvalue weighted by atomic mass is 35.5. The van der Waals surface area contributed by atoms with Crippen molar-refractivity contribution < 1.29 is 9.53 Å². The zero-order chi connectivity index (χ0) is 13.7. The third-order valence-corrected chi connectivity index (χ3v) is 2.95. The van der Waals surface area contributed by atoms with E-state index in [1.165, 1.54) is 0 Å². The molecule has 19 heavy (non-hydrogen) atoms. The lowest BCUT2D eigenvalue weighted by molar-refractivity contribution is 0.0948. The second-order valence-corrected chi connectivity index (χ2v) is 4.60.